The van der Waals surface area contributed by atoms with Gasteiger partial charge >= 0.3 is 0 Å². The third kappa shape index (κ3) is 2.60. The lowest BCUT2D eigenvalue weighted by atomic mass is 10.1. The maximum atomic E-state index is 12.1. The van der Waals surface area contributed by atoms with Crippen molar-refractivity contribution in [3.63, 3.8) is 0 Å². The van der Waals surface area contributed by atoms with Crippen molar-refractivity contribution in [3.8, 4) is 0 Å². The Bertz CT molecular complexity index is 816. The van der Waals surface area contributed by atoms with Gasteiger partial charge in [-0.3, -0.25) is 9.36 Å². The number of hydrogen-bond acceptors (Lipinski definition) is 9. The largest absolute Gasteiger partial charge is 0.394 e. The Hall–Kier alpha value is -2.05. The minimum Gasteiger partial charge on any atom is -0.394 e. The number of aliphatic hydroxyl groups is 3. The summed E-state index contributed by atoms with van der Waals surface area (Å²) < 4.78 is 12.5. The minimum absolute atomic E-state index is 0.113. The third-order valence-electron chi connectivity index (χ3n) is 4.53. The van der Waals surface area contributed by atoms with E-state index in [9.17, 15) is 20.1 Å². The topological polar surface area (TPSA) is 146 Å². The normalized spacial score (nSPS) is 30.3. The van der Waals surface area contributed by atoms with Crippen molar-refractivity contribution >= 4 is 17.1 Å². The standard InChI is InChI=1S/C14H19N5O6/c20-5-7-9(21)10(22)13(25-7)19-11-8(12(23)16-6-15-11)17-14(19)18-1-3-24-4-2-18/h6-7,9-10,13,20-22H,1-5H2,(H,15,16,23)/t7-,9+,10-,13+/m0/s1. The number of aliphatic hydroxyl groups excluding tert-OH is 3. The quantitative estimate of drug-likeness (QED) is 0.473. The summed E-state index contributed by atoms with van der Waals surface area (Å²) in [7, 11) is 0. The maximum Gasteiger partial charge on any atom is 0.278 e. The van der Waals surface area contributed by atoms with Crippen molar-refractivity contribution < 1.29 is 24.8 Å². The van der Waals surface area contributed by atoms with Crippen LogP contribution in [0.25, 0.3) is 11.2 Å². The zero-order valence-electron chi connectivity index (χ0n) is 13.3. The Labute approximate surface area is 141 Å². The Kier molecular flexibility index (Phi) is 4.17. The average Bonchev–Trinajstić information content (AvgIpc) is 3.15. The number of imidazole rings is 1. The third-order valence-corrected chi connectivity index (χ3v) is 4.53. The number of nitrogens with one attached hydrogen (secondary N) is 1. The summed E-state index contributed by atoms with van der Waals surface area (Å²) in [5.74, 6) is 0.400. The van der Waals surface area contributed by atoms with Gasteiger partial charge < -0.3 is 34.7 Å². The highest BCUT2D eigenvalue weighted by Gasteiger charge is 2.45. The molecule has 4 heterocycles. The summed E-state index contributed by atoms with van der Waals surface area (Å²) >= 11 is 0. The molecule has 0 bridgehead atoms. The molecule has 0 spiro atoms. The number of hydrogen-bond donors (Lipinski definition) is 4. The number of aromatic nitrogens is 4. The molecule has 136 valence electrons. The van der Waals surface area contributed by atoms with Crippen LogP contribution < -0.4 is 10.5 Å². The molecule has 2 aromatic rings. The van der Waals surface area contributed by atoms with Gasteiger partial charge in [0.25, 0.3) is 5.56 Å². The number of fused-ring (bicyclic) bond motifs is 1. The van der Waals surface area contributed by atoms with E-state index in [1.54, 1.807) is 0 Å². The van der Waals surface area contributed by atoms with E-state index in [4.69, 9.17) is 9.47 Å². The first kappa shape index (κ1) is 16.4. The van der Waals surface area contributed by atoms with Gasteiger partial charge in [0.05, 0.1) is 26.1 Å². The Morgan fingerprint density at radius 3 is 2.72 bits per heavy atom. The predicted molar refractivity (Wildman–Crippen MR) is 84.2 cm³/mol. The van der Waals surface area contributed by atoms with E-state index in [1.807, 2.05) is 4.90 Å². The molecule has 4 atom stereocenters. The summed E-state index contributed by atoms with van der Waals surface area (Å²) in [6.45, 7) is 1.67. The van der Waals surface area contributed by atoms with E-state index in [1.165, 1.54) is 10.9 Å². The van der Waals surface area contributed by atoms with Crippen LogP contribution in [-0.4, -0.2) is 86.1 Å². The van der Waals surface area contributed by atoms with Crippen molar-refractivity contribution in [1.82, 2.24) is 19.5 Å². The van der Waals surface area contributed by atoms with Crippen molar-refractivity contribution in [2.45, 2.75) is 24.5 Å². The lowest BCUT2D eigenvalue weighted by Crippen LogP contribution is -2.39. The highest BCUT2D eigenvalue weighted by molar-refractivity contribution is 5.73. The molecule has 2 fully saturated rings. The summed E-state index contributed by atoms with van der Waals surface area (Å²) in [4.78, 5) is 25.0. The van der Waals surface area contributed by atoms with Crippen LogP contribution in [0.3, 0.4) is 0 Å². The first-order chi connectivity index (χ1) is 12.1. The van der Waals surface area contributed by atoms with E-state index in [0.29, 0.717) is 32.3 Å². The van der Waals surface area contributed by atoms with Gasteiger partial charge in [0.2, 0.25) is 5.95 Å². The molecule has 0 amide bonds. The smallest absolute Gasteiger partial charge is 0.278 e. The Morgan fingerprint density at radius 1 is 1.28 bits per heavy atom. The van der Waals surface area contributed by atoms with Gasteiger partial charge in [-0.15, -0.1) is 0 Å². The molecular formula is C14H19N5O6. The zero-order chi connectivity index (χ0) is 17.6. The van der Waals surface area contributed by atoms with Crippen LogP contribution in [0.2, 0.25) is 0 Å². The highest BCUT2D eigenvalue weighted by Crippen LogP contribution is 2.34. The first-order valence-electron chi connectivity index (χ1n) is 8.02. The molecule has 2 saturated heterocycles. The Balaban J connectivity index is 1.86. The zero-order valence-corrected chi connectivity index (χ0v) is 13.3. The molecule has 0 saturated carbocycles. The number of aromatic amines is 1. The molecule has 4 rings (SSSR count). The van der Waals surface area contributed by atoms with Gasteiger partial charge in [-0.05, 0) is 0 Å². The molecule has 11 heteroatoms. The van der Waals surface area contributed by atoms with Gasteiger partial charge in [0.15, 0.2) is 17.4 Å². The molecule has 2 aliphatic rings. The number of morpholine rings is 1. The minimum atomic E-state index is -1.30. The van der Waals surface area contributed by atoms with Crippen LogP contribution in [0.5, 0.6) is 0 Å². The van der Waals surface area contributed by atoms with E-state index in [0.717, 1.165) is 0 Å². The van der Waals surface area contributed by atoms with Gasteiger partial charge in [-0.25, -0.2) is 9.97 Å². The molecule has 0 unspecified atom stereocenters. The lowest BCUT2D eigenvalue weighted by molar-refractivity contribution is -0.0506. The number of ether oxygens (including phenoxy) is 2. The fourth-order valence-electron chi connectivity index (χ4n) is 3.22. The van der Waals surface area contributed by atoms with Crippen molar-refractivity contribution in [1.29, 1.82) is 0 Å². The van der Waals surface area contributed by atoms with E-state index < -0.39 is 36.7 Å². The number of H-pyrrole nitrogens is 1. The SMILES string of the molecule is O=c1[nH]cnc2c1nc(N1CCOCC1)n2[C@@H]1O[C@@H](CO)[C@@H](O)[C@@H]1O. The average molecular weight is 353 g/mol. The molecule has 0 aliphatic carbocycles. The second kappa shape index (κ2) is 6.35. The monoisotopic (exact) mass is 353 g/mol. The number of anilines is 1. The number of rotatable bonds is 3. The highest BCUT2D eigenvalue weighted by atomic mass is 16.6. The van der Waals surface area contributed by atoms with E-state index in [-0.39, 0.29) is 11.2 Å². The molecule has 4 N–H and O–H groups in total. The molecule has 2 aliphatic heterocycles. The molecular weight excluding hydrogens is 334 g/mol. The first-order valence-corrected chi connectivity index (χ1v) is 8.02. The predicted octanol–water partition coefficient (Wildman–Crippen LogP) is -2.43. The van der Waals surface area contributed by atoms with Crippen LogP contribution >= 0.6 is 0 Å². The van der Waals surface area contributed by atoms with E-state index in [2.05, 4.69) is 15.0 Å². The van der Waals surface area contributed by atoms with Crippen LogP contribution in [0.4, 0.5) is 5.95 Å². The second-order valence-corrected chi connectivity index (χ2v) is 6.01. The summed E-state index contributed by atoms with van der Waals surface area (Å²) in [5, 5.41) is 29.8. The van der Waals surface area contributed by atoms with Gasteiger partial charge in [-0.1, -0.05) is 0 Å². The van der Waals surface area contributed by atoms with Gasteiger partial charge in [-0.2, -0.15) is 0 Å². The van der Waals surface area contributed by atoms with Crippen molar-refractivity contribution in [2.75, 3.05) is 37.8 Å². The summed E-state index contributed by atoms with van der Waals surface area (Å²) in [6, 6.07) is 0. The second-order valence-electron chi connectivity index (χ2n) is 6.01. The fourth-order valence-corrected chi connectivity index (χ4v) is 3.22. The van der Waals surface area contributed by atoms with Gasteiger partial charge in [0.1, 0.15) is 18.3 Å². The van der Waals surface area contributed by atoms with Gasteiger partial charge in [0, 0.05) is 13.1 Å². The molecule has 11 nitrogen and oxygen atoms in total. The number of nitrogens with zero attached hydrogens (tertiary/aromatic N) is 4. The molecule has 0 aromatic carbocycles. The lowest BCUT2D eigenvalue weighted by Gasteiger charge is -2.30. The molecule has 2 aromatic heterocycles. The van der Waals surface area contributed by atoms with Crippen LogP contribution in [0, 0.1) is 0 Å². The molecule has 0 radical (unpaired) electrons. The maximum absolute atomic E-state index is 12.1. The van der Waals surface area contributed by atoms with Crippen molar-refractivity contribution in [2.24, 2.45) is 0 Å². The summed E-state index contributed by atoms with van der Waals surface area (Å²) in [5.41, 5.74) is -0.0631. The molecule has 25 heavy (non-hydrogen) atoms. The Morgan fingerprint density at radius 2 is 2.04 bits per heavy atom. The van der Waals surface area contributed by atoms with E-state index >= 15 is 0 Å². The van der Waals surface area contributed by atoms with Crippen LogP contribution in [0.1, 0.15) is 6.23 Å². The fraction of sp³-hybridized carbons (Fsp3) is 0.643. The summed E-state index contributed by atoms with van der Waals surface area (Å²) in [6.07, 6.45) is -3.27. The van der Waals surface area contributed by atoms with Crippen LogP contribution in [-0.2, 0) is 9.47 Å². The van der Waals surface area contributed by atoms with Crippen LogP contribution in [0.15, 0.2) is 11.1 Å². The van der Waals surface area contributed by atoms with Crippen molar-refractivity contribution in [3.05, 3.63) is 16.7 Å².